The topological polar surface area (TPSA) is 91.6 Å². The fourth-order valence-electron chi connectivity index (χ4n) is 4.07. The van der Waals surface area contributed by atoms with Gasteiger partial charge in [0.2, 0.25) is 6.20 Å². The third-order valence-corrected chi connectivity index (χ3v) is 5.97. The molecule has 1 amide bonds. The number of carbonyl (C=O) groups excluding carboxylic acids is 1. The minimum absolute atomic E-state index is 0.0705. The normalized spacial score (nSPS) is 13.6. The summed E-state index contributed by atoms with van der Waals surface area (Å²) < 4.78 is 39.1. The Morgan fingerprint density at radius 3 is 2.86 bits per heavy atom. The predicted octanol–water partition coefficient (Wildman–Crippen LogP) is 3.41. The lowest BCUT2D eigenvalue weighted by Crippen LogP contribution is -2.38. The van der Waals surface area contributed by atoms with E-state index in [1.54, 1.807) is 37.4 Å². The number of nitrogens with zero attached hydrogens (tertiary/aromatic N) is 3. The fraction of sp³-hybridized carbons (Fsp3) is 0.240. The van der Waals surface area contributed by atoms with Crippen molar-refractivity contribution in [1.29, 1.82) is 0 Å². The summed E-state index contributed by atoms with van der Waals surface area (Å²) in [5.41, 5.74) is 2.85. The fourth-order valence-corrected chi connectivity index (χ4v) is 4.07. The number of rotatable bonds is 7. The summed E-state index contributed by atoms with van der Waals surface area (Å²) in [5.74, 6) is -0.206. The highest BCUT2D eigenvalue weighted by Crippen LogP contribution is 2.33. The van der Waals surface area contributed by atoms with E-state index in [0.29, 0.717) is 56.9 Å². The molecule has 0 aliphatic carbocycles. The van der Waals surface area contributed by atoms with E-state index in [1.165, 1.54) is 29.4 Å². The number of hydrogen-bond acceptors (Lipinski definition) is 5. The highest BCUT2D eigenvalue weighted by molar-refractivity contribution is 5.95. The monoisotopic (exact) mass is 481 g/mol. The van der Waals surface area contributed by atoms with Gasteiger partial charge in [0, 0.05) is 22.9 Å². The van der Waals surface area contributed by atoms with Crippen molar-refractivity contribution in [1.82, 2.24) is 15.1 Å². The molecule has 0 bridgehead atoms. The number of pyridine rings is 1. The zero-order chi connectivity index (χ0) is 24.5. The highest BCUT2D eigenvalue weighted by atomic mass is 19.1. The first-order chi connectivity index (χ1) is 16.9. The van der Waals surface area contributed by atoms with E-state index >= 15 is 0 Å². The lowest BCUT2D eigenvalue weighted by atomic mass is 10.0. The van der Waals surface area contributed by atoms with Crippen LogP contribution in [0.2, 0.25) is 0 Å². The quantitative estimate of drug-likeness (QED) is 0.312. The Kier molecular flexibility index (Phi) is 6.04. The molecule has 1 fully saturated rings. The van der Waals surface area contributed by atoms with Crippen molar-refractivity contribution in [2.45, 2.75) is 19.3 Å². The summed E-state index contributed by atoms with van der Waals surface area (Å²) in [5, 5.41) is 17.4. The molecule has 1 saturated heterocycles. The maximum Gasteiger partial charge on any atom is 0.275 e. The maximum atomic E-state index is 13.8. The molecule has 0 atom stereocenters. The molecule has 8 nitrogen and oxygen atoms in total. The number of aromatic amines is 1. The van der Waals surface area contributed by atoms with Crippen LogP contribution in [0.3, 0.4) is 0 Å². The van der Waals surface area contributed by atoms with E-state index in [0.717, 1.165) is 0 Å². The second-order valence-corrected chi connectivity index (χ2v) is 8.40. The van der Waals surface area contributed by atoms with Crippen LogP contribution in [0.25, 0.3) is 22.0 Å². The Morgan fingerprint density at radius 2 is 2.14 bits per heavy atom. The summed E-state index contributed by atoms with van der Waals surface area (Å²) in [4.78, 5) is 14.8. The van der Waals surface area contributed by atoms with Gasteiger partial charge >= 0.3 is 0 Å². The first kappa shape index (κ1) is 22.7. The van der Waals surface area contributed by atoms with Crippen LogP contribution in [0.15, 0.2) is 54.9 Å². The number of ether oxygens (including phenoxy) is 2. The summed E-state index contributed by atoms with van der Waals surface area (Å²) in [6, 6.07) is 11.2. The van der Waals surface area contributed by atoms with Gasteiger partial charge in [-0.25, -0.2) is 8.78 Å². The Hall–Kier alpha value is -4.05. The zero-order valence-electron chi connectivity index (χ0n) is 18.9. The Labute approximate surface area is 199 Å². The SMILES string of the molecule is CN(Cc1c[n+](O)c(CF)c2cn[nH]c12)C(=O)c1ccc(-c2cccc(F)c2)c(OC2COC2)c1. The predicted molar refractivity (Wildman–Crippen MR) is 121 cm³/mol. The minimum atomic E-state index is -0.867. The maximum absolute atomic E-state index is 13.8. The van der Waals surface area contributed by atoms with Crippen LogP contribution in [0, 0.1) is 5.82 Å². The number of halogens is 2. The molecule has 180 valence electrons. The number of amides is 1. The standard InChI is InChI=1S/C25H22F2N4O4/c1-30(11-17-12-31(33)22(9-26)21-10-28-29-24(17)21)25(32)16-5-6-20(15-3-2-4-18(27)7-15)23(8-16)35-19-13-34-14-19/h2-8,10,12,19,33H,9,11,13-14H2,1H3/p+1. The van der Waals surface area contributed by atoms with Crippen LogP contribution in [-0.2, 0) is 18.0 Å². The lowest BCUT2D eigenvalue weighted by Gasteiger charge is -2.28. The van der Waals surface area contributed by atoms with Crippen molar-refractivity contribution in [3.8, 4) is 16.9 Å². The Morgan fingerprint density at radius 1 is 1.31 bits per heavy atom. The van der Waals surface area contributed by atoms with Crippen molar-refractivity contribution in [2.75, 3.05) is 20.3 Å². The smallest absolute Gasteiger partial charge is 0.275 e. The molecule has 0 spiro atoms. The number of aromatic nitrogens is 3. The molecule has 0 unspecified atom stereocenters. The molecule has 2 aromatic heterocycles. The van der Waals surface area contributed by atoms with Crippen LogP contribution in [0.5, 0.6) is 5.75 Å². The van der Waals surface area contributed by atoms with Crippen molar-refractivity contribution in [2.24, 2.45) is 0 Å². The van der Waals surface area contributed by atoms with Gasteiger partial charge in [-0.15, -0.1) is 0 Å². The number of hydrogen-bond donors (Lipinski definition) is 2. The number of nitrogens with one attached hydrogen (secondary N) is 1. The van der Waals surface area contributed by atoms with Gasteiger partial charge in [-0.3, -0.25) is 15.1 Å². The van der Waals surface area contributed by atoms with E-state index in [-0.39, 0.29) is 30.1 Å². The first-order valence-electron chi connectivity index (χ1n) is 11.0. The molecule has 1 aliphatic rings. The van der Waals surface area contributed by atoms with E-state index in [4.69, 9.17) is 9.47 Å². The molecule has 1 aliphatic heterocycles. The second-order valence-electron chi connectivity index (χ2n) is 8.40. The summed E-state index contributed by atoms with van der Waals surface area (Å²) >= 11 is 0. The van der Waals surface area contributed by atoms with Gasteiger partial charge in [0.05, 0.1) is 42.4 Å². The largest absolute Gasteiger partial charge is 0.485 e. The first-order valence-corrected chi connectivity index (χ1v) is 11.0. The Balaban J connectivity index is 1.44. The van der Waals surface area contributed by atoms with Crippen LogP contribution >= 0.6 is 0 Å². The number of H-pyrrole nitrogens is 1. The van der Waals surface area contributed by atoms with Crippen molar-refractivity contribution in [3.05, 3.63) is 77.5 Å². The van der Waals surface area contributed by atoms with Gasteiger partial charge in [-0.05, 0) is 35.9 Å². The Bertz CT molecular complexity index is 1400. The van der Waals surface area contributed by atoms with Crippen molar-refractivity contribution >= 4 is 16.8 Å². The zero-order valence-corrected chi connectivity index (χ0v) is 18.9. The van der Waals surface area contributed by atoms with Crippen LogP contribution < -0.4 is 9.47 Å². The molecule has 2 aromatic carbocycles. The molecule has 4 aromatic rings. The third kappa shape index (κ3) is 4.40. The molecule has 2 N–H and O–H groups in total. The second kappa shape index (κ2) is 9.30. The van der Waals surface area contributed by atoms with Crippen LogP contribution in [0.1, 0.15) is 21.6 Å². The molecule has 0 saturated carbocycles. The van der Waals surface area contributed by atoms with Crippen LogP contribution in [-0.4, -0.2) is 52.6 Å². The average Bonchev–Trinajstić information content (AvgIpc) is 3.31. The van der Waals surface area contributed by atoms with Crippen LogP contribution in [0.4, 0.5) is 8.78 Å². The van der Waals surface area contributed by atoms with Gasteiger partial charge in [-0.2, -0.15) is 5.10 Å². The molecular weight excluding hydrogens is 458 g/mol. The minimum Gasteiger partial charge on any atom is -0.485 e. The van der Waals surface area contributed by atoms with Gasteiger partial charge in [0.15, 0.2) is 6.67 Å². The molecule has 5 rings (SSSR count). The molecule has 35 heavy (non-hydrogen) atoms. The van der Waals surface area contributed by atoms with Gasteiger partial charge in [0.25, 0.3) is 11.6 Å². The molecule has 3 heterocycles. The van der Waals surface area contributed by atoms with Crippen molar-refractivity contribution < 1.29 is 33.0 Å². The summed E-state index contributed by atoms with van der Waals surface area (Å²) in [7, 11) is 1.62. The average molecular weight is 481 g/mol. The number of benzene rings is 2. The molecular formula is C25H23F2N4O4+. The van der Waals surface area contributed by atoms with Gasteiger partial charge in [0.1, 0.15) is 17.7 Å². The third-order valence-electron chi connectivity index (χ3n) is 5.97. The summed E-state index contributed by atoms with van der Waals surface area (Å²) in [6.07, 6.45) is 2.64. The number of carbonyl (C=O) groups is 1. The number of fused-ring (bicyclic) bond motifs is 1. The van der Waals surface area contributed by atoms with Gasteiger partial charge in [-0.1, -0.05) is 12.1 Å². The van der Waals surface area contributed by atoms with E-state index in [2.05, 4.69) is 10.2 Å². The summed E-state index contributed by atoms with van der Waals surface area (Å²) in [6.45, 7) is 0.144. The molecule has 0 radical (unpaired) electrons. The molecule has 10 heteroatoms. The highest BCUT2D eigenvalue weighted by Gasteiger charge is 2.25. The van der Waals surface area contributed by atoms with E-state index in [1.807, 2.05) is 0 Å². The van der Waals surface area contributed by atoms with Gasteiger partial charge < -0.3 is 14.4 Å². The van der Waals surface area contributed by atoms with E-state index in [9.17, 15) is 18.8 Å². The lowest BCUT2D eigenvalue weighted by molar-refractivity contribution is -0.909. The number of alkyl halides is 1. The van der Waals surface area contributed by atoms with Crippen molar-refractivity contribution in [3.63, 3.8) is 0 Å². The van der Waals surface area contributed by atoms with E-state index < -0.39 is 6.67 Å².